The van der Waals surface area contributed by atoms with Crippen LogP contribution in [0.4, 0.5) is 18.9 Å². The molecule has 1 atom stereocenters. The van der Waals surface area contributed by atoms with Gasteiger partial charge < -0.3 is 10.2 Å². The number of benzene rings is 2. The SMILES string of the molecule is [C-]#[N+]c1ccc(-c2nc(C(=O)N3CCC[C@@H](NC)C3)c(C)n2-c2cc3c(F)n(C)nc3cc2F)cc1F. The van der Waals surface area contributed by atoms with Crippen LogP contribution >= 0.6 is 0 Å². The largest absolute Gasteiger partial charge is 0.336 e. The van der Waals surface area contributed by atoms with Crippen LogP contribution in [0.15, 0.2) is 30.3 Å². The minimum absolute atomic E-state index is 0.0557. The topological polar surface area (TPSA) is 72.3 Å². The summed E-state index contributed by atoms with van der Waals surface area (Å²) < 4.78 is 47.1. The normalized spacial score (nSPS) is 15.8. The van der Waals surface area contributed by atoms with E-state index in [9.17, 15) is 13.6 Å². The lowest BCUT2D eigenvalue weighted by Gasteiger charge is -2.32. The van der Waals surface area contributed by atoms with Crippen LogP contribution in [0.25, 0.3) is 32.8 Å². The predicted molar refractivity (Wildman–Crippen MR) is 132 cm³/mol. The highest BCUT2D eigenvalue weighted by Gasteiger charge is 2.30. The van der Waals surface area contributed by atoms with Gasteiger partial charge in [0.25, 0.3) is 5.91 Å². The molecule has 11 heteroatoms. The summed E-state index contributed by atoms with van der Waals surface area (Å²) in [5.41, 5.74) is 0.559. The van der Waals surface area contributed by atoms with E-state index in [1.165, 1.54) is 29.8 Å². The summed E-state index contributed by atoms with van der Waals surface area (Å²) in [6.45, 7) is 9.78. The Morgan fingerprint density at radius 1 is 1.19 bits per heavy atom. The molecule has 0 radical (unpaired) electrons. The monoisotopic (exact) mass is 507 g/mol. The van der Waals surface area contributed by atoms with Gasteiger partial charge in [-0.25, -0.2) is 23.3 Å². The summed E-state index contributed by atoms with van der Waals surface area (Å²) in [6, 6.07) is 6.48. The number of hydrogen-bond donors (Lipinski definition) is 1. The third-order valence-corrected chi connectivity index (χ3v) is 6.82. The first-order chi connectivity index (χ1) is 17.7. The summed E-state index contributed by atoms with van der Waals surface area (Å²) in [7, 11) is 3.25. The van der Waals surface area contributed by atoms with Crippen LogP contribution in [0.2, 0.25) is 0 Å². The Morgan fingerprint density at radius 3 is 2.68 bits per heavy atom. The summed E-state index contributed by atoms with van der Waals surface area (Å²) in [6.07, 6.45) is 1.76. The van der Waals surface area contributed by atoms with Crippen molar-refractivity contribution in [1.82, 2.24) is 29.5 Å². The highest BCUT2D eigenvalue weighted by atomic mass is 19.1. The van der Waals surface area contributed by atoms with Crippen molar-refractivity contribution >= 4 is 22.5 Å². The molecule has 0 saturated carbocycles. The number of aromatic nitrogens is 4. The smallest absolute Gasteiger partial charge is 0.274 e. The molecule has 5 rings (SSSR count). The molecule has 1 amide bonds. The minimum Gasteiger partial charge on any atom is -0.336 e. The van der Waals surface area contributed by atoms with Gasteiger partial charge in [-0.15, -0.1) is 0 Å². The van der Waals surface area contributed by atoms with Gasteiger partial charge in [0.1, 0.15) is 23.2 Å². The van der Waals surface area contributed by atoms with E-state index in [2.05, 4.69) is 20.2 Å². The molecule has 1 fully saturated rings. The third kappa shape index (κ3) is 4.13. The third-order valence-electron chi connectivity index (χ3n) is 6.82. The van der Waals surface area contributed by atoms with E-state index in [0.29, 0.717) is 18.8 Å². The number of aryl methyl sites for hydroxylation is 1. The predicted octanol–water partition coefficient (Wildman–Crippen LogP) is 4.53. The summed E-state index contributed by atoms with van der Waals surface area (Å²) in [4.78, 5) is 23.0. The van der Waals surface area contributed by atoms with Crippen LogP contribution in [-0.2, 0) is 7.05 Å². The van der Waals surface area contributed by atoms with Crippen LogP contribution in [-0.4, -0.2) is 56.3 Å². The van der Waals surface area contributed by atoms with E-state index in [0.717, 1.165) is 29.7 Å². The first kappa shape index (κ1) is 24.5. The number of nitrogens with zero attached hydrogens (tertiary/aromatic N) is 6. The van der Waals surface area contributed by atoms with Gasteiger partial charge in [-0.3, -0.25) is 9.36 Å². The van der Waals surface area contributed by atoms with Crippen LogP contribution in [0, 0.1) is 31.1 Å². The van der Waals surface area contributed by atoms with E-state index in [-0.39, 0.29) is 51.3 Å². The van der Waals surface area contributed by atoms with Gasteiger partial charge in [0, 0.05) is 37.8 Å². The fourth-order valence-corrected chi connectivity index (χ4v) is 4.83. The zero-order valence-corrected chi connectivity index (χ0v) is 20.5. The molecule has 0 bridgehead atoms. The van der Waals surface area contributed by atoms with Crippen LogP contribution in [0.5, 0.6) is 0 Å². The molecule has 8 nitrogen and oxygen atoms in total. The molecule has 1 N–H and O–H groups in total. The summed E-state index contributed by atoms with van der Waals surface area (Å²) in [5.74, 6) is -2.36. The number of imidazole rings is 1. The van der Waals surface area contributed by atoms with Crippen molar-refractivity contribution in [2.45, 2.75) is 25.8 Å². The Morgan fingerprint density at radius 2 is 1.97 bits per heavy atom. The number of halogens is 3. The highest BCUT2D eigenvalue weighted by molar-refractivity contribution is 5.95. The van der Waals surface area contributed by atoms with Crippen molar-refractivity contribution in [2.75, 3.05) is 20.1 Å². The number of hydrogen-bond acceptors (Lipinski definition) is 4. The Balaban J connectivity index is 1.72. The fourth-order valence-electron chi connectivity index (χ4n) is 4.83. The number of likely N-dealkylation sites (tertiary alicyclic amines) is 1. The Labute approximate surface area is 211 Å². The number of likely N-dealkylation sites (N-methyl/N-ethyl adjacent to an activating group) is 1. The molecule has 3 heterocycles. The van der Waals surface area contributed by atoms with Crippen molar-refractivity contribution in [1.29, 1.82) is 0 Å². The van der Waals surface area contributed by atoms with E-state index in [1.54, 1.807) is 11.8 Å². The zero-order valence-electron chi connectivity index (χ0n) is 20.5. The molecule has 0 unspecified atom stereocenters. The number of piperidine rings is 1. The summed E-state index contributed by atoms with van der Waals surface area (Å²) >= 11 is 0. The molecular weight excluding hydrogens is 483 g/mol. The Kier molecular flexibility index (Phi) is 6.21. The van der Waals surface area contributed by atoms with Crippen molar-refractivity contribution in [3.8, 4) is 17.1 Å². The van der Waals surface area contributed by atoms with Crippen LogP contribution < -0.4 is 5.32 Å². The fraction of sp³-hybridized carbons (Fsp3) is 0.308. The maximum atomic E-state index is 15.4. The minimum atomic E-state index is -0.769. The lowest BCUT2D eigenvalue weighted by Crippen LogP contribution is -2.47. The number of fused-ring (bicyclic) bond motifs is 1. The lowest BCUT2D eigenvalue weighted by atomic mass is 10.1. The molecule has 4 aromatic rings. The Bertz CT molecular complexity index is 1580. The molecule has 1 aliphatic rings. The molecule has 0 spiro atoms. The van der Waals surface area contributed by atoms with Crippen molar-refractivity contribution in [2.24, 2.45) is 7.05 Å². The van der Waals surface area contributed by atoms with Crippen molar-refractivity contribution in [3.05, 3.63) is 70.7 Å². The maximum Gasteiger partial charge on any atom is 0.274 e. The van der Waals surface area contributed by atoms with Gasteiger partial charge in [0.2, 0.25) is 11.6 Å². The lowest BCUT2D eigenvalue weighted by molar-refractivity contribution is 0.0692. The average Bonchev–Trinajstić information content (AvgIpc) is 3.38. The van der Waals surface area contributed by atoms with Gasteiger partial charge in [0.15, 0.2) is 0 Å². The van der Waals surface area contributed by atoms with Gasteiger partial charge in [-0.2, -0.15) is 9.49 Å². The molecule has 0 aliphatic carbocycles. The zero-order chi connectivity index (χ0) is 26.4. The average molecular weight is 508 g/mol. The van der Waals surface area contributed by atoms with E-state index in [1.807, 2.05) is 7.05 Å². The van der Waals surface area contributed by atoms with E-state index >= 15 is 4.39 Å². The van der Waals surface area contributed by atoms with E-state index in [4.69, 9.17) is 6.57 Å². The molecule has 37 heavy (non-hydrogen) atoms. The maximum absolute atomic E-state index is 15.4. The number of nitrogens with one attached hydrogen (secondary N) is 1. The number of carbonyl (C=O) groups excluding carboxylic acids is 1. The molecular formula is C26H24F3N7O. The van der Waals surface area contributed by atoms with Crippen molar-refractivity contribution in [3.63, 3.8) is 0 Å². The molecule has 1 saturated heterocycles. The van der Waals surface area contributed by atoms with Crippen molar-refractivity contribution < 1.29 is 18.0 Å². The first-order valence-corrected chi connectivity index (χ1v) is 11.8. The first-order valence-electron chi connectivity index (χ1n) is 11.8. The second-order valence-corrected chi connectivity index (χ2v) is 9.10. The highest BCUT2D eigenvalue weighted by Crippen LogP contribution is 2.33. The number of carbonyl (C=O) groups is 1. The van der Waals surface area contributed by atoms with Gasteiger partial charge in [-0.05, 0) is 38.9 Å². The number of rotatable bonds is 4. The van der Waals surface area contributed by atoms with Crippen LogP contribution in [0.3, 0.4) is 0 Å². The number of amides is 1. The molecule has 2 aromatic carbocycles. The molecule has 1 aliphatic heterocycles. The van der Waals surface area contributed by atoms with Gasteiger partial charge in [-0.1, -0.05) is 12.1 Å². The van der Waals surface area contributed by atoms with E-state index < -0.39 is 17.6 Å². The quantitative estimate of drug-likeness (QED) is 0.412. The van der Waals surface area contributed by atoms with Gasteiger partial charge >= 0.3 is 0 Å². The Hall–Kier alpha value is -4.17. The molecule has 2 aromatic heterocycles. The van der Waals surface area contributed by atoms with Gasteiger partial charge in [0.05, 0.1) is 28.9 Å². The second-order valence-electron chi connectivity index (χ2n) is 9.10. The summed E-state index contributed by atoms with van der Waals surface area (Å²) in [5, 5.41) is 7.27. The second kappa shape index (κ2) is 9.37. The standard InChI is InChI=1S/C26H24F3N7O/c1-14-23(26(37)35-9-5-6-16(13-35)30-2)32-25(15-7-8-20(31-3)18(27)10-15)36(14)22-11-17-21(12-19(22)28)33-34(4)24(17)29/h7-8,10-12,16,30H,5-6,9,13H2,1-2,4H3/t16-/m1/s1. The van der Waals surface area contributed by atoms with Crippen LogP contribution in [0.1, 0.15) is 29.0 Å². The molecule has 190 valence electrons.